The van der Waals surface area contributed by atoms with Crippen molar-refractivity contribution >= 4 is 6.21 Å². The first-order valence-corrected chi connectivity index (χ1v) is 4.60. The van der Waals surface area contributed by atoms with E-state index >= 15 is 0 Å². The maximum absolute atomic E-state index is 5.32. The molecule has 0 saturated carbocycles. The van der Waals surface area contributed by atoms with Crippen molar-refractivity contribution in [3.05, 3.63) is 23.3 Å². The molecule has 1 heterocycles. The fraction of sp³-hybridized carbons (Fsp3) is 0.364. The summed E-state index contributed by atoms with van der Waals surface area (Å²) in [5.41, 5.74) is 2.33. The van der Waals surface area contributed by atoms with Crippen molar-refractivity contribution < 1.29 is 9.47 Å². The zero-order valence-corrected chi connectivity index (χ0v) is 8.41. The van der Waals surface area contributed by atoms with Crippen LogP contribution in [0.25, 0.3) is 0 Å². The monoisotopic (exact) mass is 191 g/mol. The summed E-state index contributed by atoms with van der Waals surface area (Å²) in [5, 5.41) is 0. The number of rotatable bonds is 2. The second-order valence-corrected chi connectivity index (χ2v) is 3.16. The van der Waals surface area contributed by atoms with Crippen LogP contribution in [0.5, 0.6) is 11.5 Å². The molecular formula is C11H13NO2. The zero-order chi connectivity index (χ0) is 9.97. The van der Waals surface area contributed by atoms with E-state index < -0.39 is 0 Å². The molecule has 3 nitrogen and oxygen atoms in total. The summed E-state index contributed by atoms with van der Waals surface area (Å²) in [4.78, 5) is 4.24. The number of methoxy groups -OCH3 is 2. The second-order valence-electron chi connectivity index (χ2n) is 3.16. The van der Waals surface area contributed by atoms with Gasteiger partial charge in [-0.25, -0.2) is 0 Å². The van der Waals surface area contributed by atoms with E-state index in [0.717, 1.165) is 30.0 Å². The minimum Gasteiger partial charge on any atom is -0.493 e. The molecule has 0 aliphatic carbocycles. The molecule has 0 fully saturated rings. The summed E-state index contributed by atoms with van der Waals surface area (Å²) < 4.78 is 10.5. The van der Waals surface area contributed by atoms with Crippen molar-refractivity contribution in [3.63, 3.8) is 0 Å². The molecule has 0 bridgehead atoms. The van der Waals surface area contributed by atoms with Crippen LogP contribution in [0.3, 0.4) is 0 Å². The number of ether oxygens (including phenoxy) is 2. The van der Waals surface area contributed by atoms with Crippen LogP contribution in [0.1, 0.15) is 11.1 Å². The van der Waals surface area contributed by atoms with E-state index in [1.807, 2.05) is 12.3 Å². The highest BCUT2D eigenvalue weighted by Crippen LogP contribution is 2.33. The lowest BCUT2D eigenvalue weighted by molar-refractivity contribution is 0.354. The van der Waals surface area contributed by atoms with Crippen LogP contribution in [0.4, 0.5) is 0 Å². The van der Waals surface area contributed by atoms with E-state index in [2.05, 4.69) is 11.1 Å². The van der Waals surface area contributed by atoms with Gasteiger partial charge in [0.15, 0.2) is 11.5 Å². The van der Waals surface area contributed by atoms with Gasteiger partial charge in [-0.1, -0.05) is 6.07 Å². The normalized spacial score (nSPS) is 13.6. The molecule has 2 rings (SSSR count). The quantitative estimate of drug-likeness (QED) is 0.712. The standard InChI is InChI=1S/C11H13NO2/c1-13-10-4-3-8-5-6-12-7-9(8)11(10)14-2/h3-4,7H,5-6H2,1-2H3. The van der Waals surface area contributed by atoms with E-state index in [1.54, 1.807) is 14.2 Å². The van der Waals surface area contributed by atoms with E-state index in [1.165, 1.54) is 5.56 Å². The number of nitrogens with zero attached hydrogens (tertiary/aromatic N) is 1. The topological polar surface area (TPSA) is 30.8 Å². The van der Waals surface area contributed by atoms with Crippen molar-refractivity contribution in [1.82, 2.24) is 0 Å². The van der Waals surface area contributed by atoms with Crippen LogP contribution in [-0.2, 0) is 6.42 Å². The van der Waals surface area contributed by atoms with Crippen LogP contribution >= 0.6 is 0 Å². The van der Waals surface area contributed by atoms with E-state index in [4.69, 9.17) is 9.47 Å². The van der Waals surface area contributed by atoms with E-state index in [0.29, 0.717) is 0 Å². The Balaban J connectivity index is 2.57. The molecule has 0 aromatic heterocycles. The van der Waals surface area contributed by atoms with Gasteiger partial charge in [0.1, 0.15) is 0 Å². The maximum Gasteiger partial charge on any atom is 0.169 e. The summed E-state index contributed by atoms with van der Waals surface area (Å²) in [5.74, 6) is 1.55. The first-order valence-electron chi connectivity index (χ1n) is 4.60. The molecule has 0 radical (unpaired) electrons. The molecule has 0 N–H and O–H groups in total. The van der Waals surface area contributed by atoms with Crippen molar-refractivity contribution in [2.75, 3.05) is 20.8 Å². The minimum atomic E-state index is 0.764. The molecule has 1 aliphatic rings. The molecule has 14 heavy (non-hydrogen) atoms. The molecule has 1 aromatic rings. The molecule has 0 amide bonds. The molecule has 0 spiro atoms. The Kier molecular flexibility index (Phi) is 2.39. The van der Waals surface area contributed by atoms with Gasteiger partial charge in [0, 0.05) is 18.3 Å². The number of benzene rings is 1. The van der Waals surface area contributed by atoms with Gasteiger partial charge < -0.3 is 9.47 Å². The summed E-state index contributed by atoms with van der Waals surface area (Å²) in [6, 6.07) is 4.01. The third-order valence-corrected chi connectivity index (χ3v) is 2.40. The number of aliphatic imine (C=N–C) groups is 1. The van der Waals surface area contributed by atoms with Crippen molar-refractivity contribution in [2.24, 2.45) is 4.99 Å². The predicted molar refractivity (Wildman–Crippen MR) is 55.7 cm³/mol. The maximum atomic E-state index is 5.32. The SMILES string of the molecule is COc1ccc2c(c1OC)C=NCC2. The highest BCUT2D eigenvalue weighted by atomic mass is 16.5. The van der Waals surface area contributed by atoms with Gasteiger partial charge in [-0.2, -0.15) is 0 Å². The first kappa shape index (κ1) is 9.06. The first-order chi connectivity index (χ1) is 6.86. The highest BCUT2D eigenvalue weighted by molar-refractivity contribution is 5.88. The molecule has 1 aliphatic heterocycles. The van der Waals surface area contributed by atoms with Crippen LogP contribution in [-0.4, -0.2) is 27.0 Å². The lowest BCUT2D eigenvalue weighted by Gasteiger charge is -2.16. The van der Waals surface area contributed by atoms with Gasteiger partial charge in [0.25, 0.3) is 0 Å². The molecule has 0 unspecified atom stereocenters. The number of hydrogen-bond acceptors (Lipinski definition) is 3. The Bertz CT molecular complexity index is 372. The van der Waals surface area contributed by atoms with Gasteiger partial charge in [-0.05, 0) is 18.1 Å². The van der Waals surface area contributed by atoms with Gasteiger partial charge >= 0.3 is 0 Å². The molecule has 3 heteroatoms. The van der Waals surface area contributed by atoms with Gasteiger partial charge in [-0.15, -0.1) is 0 Å². The Hall–Kier alpha value is -1.51. The van der Waals surface area contributed by atoms with Crippen LogP contribution < -0.4 is 9.47 Å². The fourth-order valence-corrected chi connectivity index (χ4v) is 1.69. The smallest absolute Gasteiger partial charge is 0.169 e. The van der Waals surface area contributed by atoms with Crippen LogP contribution in [0, 0.1) is 0 Å². The molecule has 1 aromatic carbocycles. The molecule has 0 saturated heterocycles. The van der Waals surface area contributed by atoms with Gasteiger partial charge in [0.05, 0.1) is 14.2 Å². The highest BCUT2D eigenvalue weighted by Gasteiger charge is 2.14. The molecule has 0 atom stereocenters. The summed E-state index contributed by atoms with van der Waals surface area (Å²) in [6.45, 7) is 0.864. The lowest BCUT2D eigenvalue weighted by Crippen LogP contribution is -2.06. The lowest BCUT2D eigenvalue weighted by atomic mass is 10.0. The largest absolute Gasteiger partial charge is 0.493 e. The van der Waals surface area contributed by atoms with Gasteiger partial charge in [-0.3, -0.25) is 4.99 Å². The second kappa shape index (κ2) is 3.70. The third-order valence-electron chi connectivity index (χ3n) is 2.40. The Labute approximate surface area is 83.4 Å². The minimum absolute atomic E-state index is 0.764. The van der Waals surface area contributed by atoms with E-state index in [9.17, 15) is 0 Å². The average Bonchev–Trinajstić information content (AvgIpc) is 2.27. The van der Waals surface area contributed by atoms with Crippen molar-refractivity contribution in [2.45, 2.75) is 6.42 Å². The number of hydrogen-bond donors (Lipinski definition) is 0. The van der Waals surface area contributed by atoms with Crippen molar-refractivity contribution in [3.8, 4) is 11.5 Å². The van der Waals surface area contributed by atoms with E-state index in [-0.39, 0.29) is 0 Å². The van der Waals surface area contributed by atoms with Crippen molar-refractivity contribution in [1.29, 1.82) is 0 Å². The Morgan fingerprint density at radius 2 is 2.07 bits per heavy atom. The number of fused-ring (bicyclic) bond motifs is 1. The summed E-state index contributed by atoms with van der Waals surface area (Å²) >= 11 is 0. The van der Waals surface area contributed by atoms with Gasteiger partial charge in [0.2, 0.25) is 0 Å². The molecular weight excluding hydrogens is 178 g/mol. The third kappa shape index (κ3) is 1.35. The van der Waals surface area contributed by atoms with Crippen LogP contribution in [0.2, 0.25) is 0 Å². The Morgan fingerprint density at radius 3 is 2.79 bits per heavy atom. The predicted octanol–water partition coefficient (Wildman–Crippen LogP) is 1.68. The summed E-state index contributed by atoms with van der Waals surface area (Å²) in [6.07, 6.45) is 2.84. The summed E-state index contributed by atoms with van der Waals surface area (Å²) in [7, 11) is 3.30. The fourth-order valence-electron chi connectivity index (χ4n) is 1.69. The average molecular weight is 191 g/mol. The zero-order valence-electron chi connectivity index (χ0n) is 8.41. The Morgan fingerprint density at radius 1 is 1.21 bits per heavy atom. The van der Waals surface area contributed by atoms with Crippen LogP contribution in [0.15, 0.2) is 17.1 Å². The molecule has 74 valence electrons.